The predicted molar refractivity (Wildman–Crippen MR) is 56.3 cm³/mol. The highest BCUT2D eigenvalue weighted by atomic mass is 35.5. The first kappa shape index (κ1) is 9.68. The van der Waals surface area contributed by atoms with Gasteiger partial charge in [-0.15, -0.1) is 10.2 Å². The summed E-state index contributed by atoms with van der Waals surface area (Å²) < 4.78 is 0. The van der Waals surface area contributed by atoms with Gasteiger partial charge in [-0.05, 0) is 31.4 Å². The molecule has 14 heavy (non-hydrogen) atoms. The molecule has 0 saturated heterocycles. The van der Waals surface area contributed by atoms with E-state index in [-0.39, 0.29) is 6.04 Å². The molecule has 0 aromatic carbocycles. The number of rotatable bonds is 2. The molecular formula is C9H13ClN4. The summed E-state index contributed by atoms with van der Waals surface area (Å²) >= 11 is 5.63. The van der Waals surface area contributed by atoms with Crippen LogP contribution < -0.4 is 11.1 Å². The number of nitrogens with one attached hydrogen (secondary N) is 1. The molecule has 0 spiro atoms. The molecular weight excluding hydrogens is 200 g/mol. The van der Waals surface area contributed by atoms with Crippen molar-refractivity contribution < 1.29 is 0 Å². The lowest BCUT2D eigenvalue weighted by Crippen LogP contribution is -2.35. The van der Waals surface area contributed by atoms with Gasteiger partial charge in [0.25, 0.3) is 0 Å². The van der Waals surface area contributed by atoms with Gasteiger partial charge in [0.15, 0.2) is 5.15 Å². The second-order valence-corrected chi connectivity index (χ2v) is 3.97. The molecule has 76 valence electrons. The van der Waals surface area contributed by atoms with Gasteiger partial charge in [-0.2, -0.15) is 0 Å². The highest BCUT2D eigenvalue weighted by Crippen LogP contribution is 2.20. The molecule has 2 atom stereocenters. The number of aromatic nitrogens is 2. The van der Waals surface area contributed by atoms with Gasteiger partial charge in [0.1, 0.15) is 5.82 Å². The van der Waals surface area contributed by atoms with Crippen LogP contribution in [0.15, 0.2) is 12.1 Å². The van der Waals surface area contributed by atoms with Crippen molar-refractivity contribution in [3.63, 3.8) is 0 Å². The molecule has 1 aliphatic carbocycles. The van der Waals surface area contributed by atoms with E-state index in [1.807, 2.05) is 6.07 Å². The van der Waals surface area contributed by atoms with Gasteiger partial charge in [0, 0.05) is 12.1 Å². The third kappa shape index (κ3) is 2.13. The number of hydrogen-bond donors (Lipinski definition) is 2. The van der Waals surface area contributed by atoms with Gasteiger partial charge < -0.3 is 11.1 Å². The van der Waals surface area contributed by atoms with Crippen molar-refractivity contribution in [2.24, 2.45) is 5.73 Å². The molecule has 1 heterocycles. The monoisotopic (exact) mass is 212 g/mol. The normalized spacial score (nSPS) is 26.4. The van der Waals surface area contributed by atoms with Crippen LogP contribution in [0.1, 0.15) is 19.3 Å². The first-order valence-electron chi connectivity index (χ1n) is 4.77. The summed E-state index contributed by atoms with van der Waals surface area (Å²) in [5, 5.41) is 11.4. The SMILES string of the molecule is NC1CCCC1Nc1ccc(Cl)nn1. The standard InChI is InChI=1S/C9H13ClN4/c10-8-4-5-9(14-13-8)12-7-3-1-2-6(7)11/h4-7H,1-3,11H2,(H,12,14). The predicted octanol–water partition coefficient (Wildman–Crippen LogP) is 1.42. The molecule has 1 fully saturated rings. The largest absolute Gasteiger partial charge is 0.364 e. The molecule has 0 aliphatic heterocycles. The average Bonchev–Trinajstić information content (AvgIpc) is 2.56. The number of nitrogens with zero attached hydrogens (tertiary/aromatic N) is 2. The van der Waals surface area contributed by atoms with Gasteiger partial charge >= 0.3 is 0 Å². The first-order chi connectivity index (χ1) is 6.75. The second kappa shape index (κ2) is 4.11. The lowest BCUT2D eigenvalue weighted by atomic mass is 10.2. The van der Waals surface area contributed by atoms with Crippen LogP contribution in [0, 0.1) is 0 Å². The molecule has 0 bridgehead atoms. The summed E-state index contributed by atoms with van der Waals surface area (Å²) in [6, 6.07) is 4.09. The number of nitrogens with two attached hydrogens (primary N) is 1. The van der Waals surface area contributed by atoms with Gasteiger partial charge in [-0.25, -0.2) is 0 Å². The van der Waals surface area contributed by atoms with Crippen LogP contribution in [0.4, 0.5) is 5.82 Å². The lowest BCUT2D eigenvalue weighted by molar-refractivity contribution is 0.634. The van der Waals surface area contributed by atoms with Crippen LogP contribution in [0.5, 0.6) is 0 Å². The van der Waals surface area contributed by atoms with Crippen molar-refractivity contribution in [2.45, 2.75) is 31.3 Å². The maximum absolute atomic E-state index is 5.92. The average molecular weight is 213 g/mol. The molecule has 0 amide bonds. The number of halogens is 1. The quantitative estimate of drug-likeness (QED) is 0.779. The molecule has 1 aromatic rings. The van der Waals surface area contributed by atoms with Crippen molar-refractivity contribution >= 4 is 17.4 Å². The first-order valence-corrected chi connectivity index (χ1v) is 5.15. The van der Waals surface area contributed by atoms with Gasteiger partial charge in [-0.3, -0.25) is 0 Å². The summed E-state index contributed by atoms with van der Waals surface area (Å²) in [6.45, 7) is 0. The second-order valence-electron chi connectivity index (χ2n) is 3.59. The zero-order valence-corrected chi connectivity index (χ0v) is 8.54. The molecule has 4 nitrogen and oxygen atoms in total. The molecule has 3 N–H and O–H groups in total. The fourth-order valence-electron chi connectivity index (χ4n) is 1.75. The molecule has 2 rings (SSSR count). The molecule has 2 unspecified atom stereocenters. The molecule has 5 heteroatoms. The van der Waals surface area contributed by atoms with Crippen LogP contribution in [-0.4, -0.2) is 22.3 Å². The number of hydrogen-bond acceptors (Lipinski definition) is 4. The van der Waals surface area contributed by atoms with E-state index < -0.39 is 0 Å². The lowest BCUT2D eigenvalue weighted by Gasteiger charge is -2.17. The molecule has 1 aromatic heterocycles. The summed E-state index contributed by atoms with van der Waals surface area (Å²) in [5.74, 6) is 0.747. The van der Waals surface area contributed by atoms with E-state index in [1.165, 1.54) is 6.42 Å². The fraction of sp³-hybridized carbons (Fsp3) is 0.556. The van der Waals surface area contributed by atoms with Gasteiger partial charge in [0.05, 0.1) is 0 Å². The topological polar surface area (TPSA) is 63.8 Å². The Morgan fingerprint density at radius 1 is 1.36 bits per heavy atom. The summed E-state index contributed by atoms with van der Waals surface area (Å²) in [7, 11) is 0. The minimum atomic E-state index is 0.229. The minimum Gasteiger partial charge on any atom is -0.364 e. The highest BCUT2D eigenvalue weighted by Gasteiger charge is 2.23. The molecule has 1 saturated carbocycles. The van der Waals surface area contributed by atoms with Crippen LogP contribution in [0.2, 0.25) is 5.15 Å². The van der Waals surface area contributed by atoms with E-state index in [0.717, 1.165) is 18.7 Å². The van der Waals surface area contributed by atoms with Crippen LogP contribution >= 0.6 is 11.6 Å². The fourth-order valence-corrected chi connectivity index (χ4v) is 1.85. The molecule has 1 aliphatic rings. The van der Waals surface area contributed by atoms with E-state index in [9.17, 15) is 0 Å². The van der Waals surface area contributed by atoms with Gasteiger partial charge in [0.2, 0.25) is 0 Å². The Balaban J connectivity index is 2.00. The van der Waals surface area contributed by atoms with E-state index in [4.69, 9.17) is 17.3 Å². The van der Waals surface area contributed by atoms with Crippen molar-refractivity contribution in [1.82, 2.24) is 10.2 Å². The Kier molecular flexibility index (Phi) is 2.84. The van der Waals surface area contributed by atoms with Crippen LogP contribution in [-0.2, 0) is 0 Å². The minimum absolute atomic E-state index is 0.229. The van der Waals surface area contributed by atoms with E-state index in [0.29, 0.717) is 11.2 Å². The van der Waals surface area contributed by atoms with Crippen LogP contribution in [0.3, 0.4) is 0 Å². The Bertz CT molecular complexity index is 300. The number of anilines is 1. The highest BCUT2D eigenvalue weighted by molar-refractivity contribution is 6.29. The maximum atomic E-state index is 5.92. The van der Waals surface area contributed by atoms with E-state index in [2.05, 4.69) is 15.5 Å². The van der Waals surface area contributed by atoms with Crippen molar-refractivity contribution in [1.29, 1.82) is 0 Å². The zero-order valence-electron chi connectivity index (χ0n) is 7.78. The molecule has 0 radical (unpaired) electrons. The van der Waals surface area contributed by atoms with E-state index >= 15 is 0 Å². The van der Waals surface area contributed by atoms with Crippen LogP contribution in [0.25, 0.3) is 0 Å². The Morgan fingerprint density at radius 2 is 2.21 bits per heavy atom. The third-order valence-corrected chi connectivity index (χ3v) is 2.74. The Morgan fingerprint density at radius 3 is 2.79 bits per heavy atom. The smallest absolute Gasteiger partial charge is 0.151 e. The zero-order chi connectivity index (χ0) is 9.97. The Labute approximate surface area is 87.9 Å². The summed E-state index contributed by atoms with van der Waals surface area (Å²) in [4.78, 5) is 0. The summed E-state index contributed by atoms with van der Waals surface area (Å²) in [5.41, 5.74) is 5.92. The third-order valence-electron chi connectivity index (χ3n) is 2.53. The van der Waals surface area contributed by atoms with Crippen molar-refractivity contribution in [3.8, 4) is 0 Å². The maximum Gasteiger partial charge on any atom is 0.151 e. The van der Waals surface area contributed by atoms with E-state index in [1.54, 1.807) is 6.07 Å². The van der Waals surface area contributed by atoms with Gasteiger partial charge in [-0.1, -0.05) is 11.6 Å². The summed E-state index contributed by atoms with van der Waals surface area (Å²) in [6.07, 6.45) is 3.37. The van der Waals surface area contributed by atoms with Crippen molar-refractivity contribution in [2.75, 3.05) is 5.32 Å². The Hall–Kier alpha value is -0.870. The van der Waals surface area contributed by atoms with Crippen molar-refractivity contribution in [3.05, 3.63) is 17.3 Å².